The molecule has 30 heavy (non-hydrogen) atoms. The molecule has 0 radical (unpaired) electrons. The Bertz CT molecular complexity index is 1110. The van der Waals surface area contributed by atoms with Crippen LogP contribution in [0.15, 0.2) is 57.7 Å². The molecule has 1 N–H and O–H groups in total. The van der Waals surface area contributed by atoms with Gasteiger partial charge in [-0.3, -0.25) is 9.69 Å². The molecule has 0 saturated carbocycles. The minimum Gasteiger partial charge on any atom is -0.423 e. The first-order valence-electron chi connectivity index (χ1n) is 10.3. The molecule has 1 aliphatic rings. The topological polar surface area (TPSA) is 62.6 Å². The lowest BCUT2D eigenvalue weighted by Crippen LogP contribution is -2.47. The van der Waals surface area contributed by atoms with E-state index >= 15 is 0 Å². The second-order valence-electron chi connectivity index (χ2n) is 8.04. The van der Waals surface area contributed by atoms with Gasteiger partial charge in [-0.25, -0.2) is 9.18 Å². The molecule has 2 heterocycles. The minimum absolute atomic E-state index is 0.0559. The van der Waals surface area contributed by atoms with Gasteiger partial charge in [0.15, 0.2) is 0 Å². The molecule has 1 atom stereocenters. The summed E-state index contributed by atoms with van der Waals surface area (Å²) in [5.41, 5.74) is 2.79. The summed E-state index contributed by atoms with van der Waals surface area (Å²) in [6.45, 7) is 4.36. The summed E-state index contributed by atoms with van der Waals surface area (Å²) in [5, 5.41) is 3.90. The Balaban J connectivity index is 1.40. The Morgan fingerprint density at radius 3 is 2.80 bits per heavy atom. The average Bonchev–Trinajstić information content (AvgIpc) is 2.69. The molecule has 1 saturated heterocycles. The summed E-state index contributed by atoms with van der Waals surface area (Å²) in [7, 11) is 0. The fourth-order valence-corrected chi connectivity index (χ4v) is 4.10. The van der Waals surface area contributed by atoms with E-state index in [4.69, 9.17) is 4.42 Å². The monoisotopic (exact) mass is 408 g/mol. The summed E-state index contributed by atoms with van der Waals surface area (Å²) < 4.78 is 18.4. The predicted octanol–water partition coefficient (Wildman–Crippen LogP) is 3.56. The highest BCUT2D eigenvalue weighted by molar-refractivity contribution is 5.87. The van der Waals surface area contributed by atoms with Crippen molar-refractivity contribution >= 4 is 16.9 Å². The predicted molar refractivity (Wildman–Crippen MR) is 114 cm³/mol. The van der Waals surface area contributed by atoms with Crippen molar-refractivity contribution in [2.24, 2.45) is 0 Å². The molecule has 0 spiro atoms. The van der Waals surface area contributed by atoms with Gasteiger partial charge in [-0.1, -0.05) is 24.3 Å². The van der Waals surface area contributed by atoms with E-state index in [0.29, 0.717) is 11.1 Å². The number of carbonyl (C=O) groups is 1. The Morgan fingerprint density at radius 1 is 1.20 bits per heavy atom. The number of piperidine rings is 1. The summed E-state index contributed by atoms with van der Waals surface area (Å²) in [4.78, 5) is 26.9. The van der Waals surface area contributed by atoms with Gasteiger partial charge in [-0.15, -0.1) is 0 Å². The van der Waals surface area contributed by atoms with Gasteiger partial charge >= 0.3 is 5.63 Å². The second kappa shape index (κ2) is 8.79. The number of hydrogen-bond acceptors (Lipinski definition) is 4. The van der Waals surface area contributed by atoms with Crippen molar-refractivity contribution in [3.8, 4) is 0 Å². The summed E-state index contributed by atoms with van der Waals surface area (Å²) in [6, 6.07) is 13.6. The lowest BCUT2D eigenvalue weighted by Gasteiger charge is -2.33. The fourth-order valence-electron chi connectivity index (χ4n) is 4.10. The van der Waals surface area contributed by atoms with Crippen LogP contribution in [0.25, 0.3) is 11.0 Å². The maximum Gasteiger partial charge on any atom is 0.336 e. The fraction of sp³-hybridized carbons (Fsp3) is 0.333. The molecule has 1 unspecified atom stereocenters. The van der Waals surface area contributed by atoms with Crippen LogP contribution in [-0.4, -0.2) is 29.9 Å². The number of rotatable bonds is 5. The van der Waals surface area contributed by atoms with E-state index in [1.165, 1.54) is 18.2 Å². The highest BCUT2D eigenvalue weighted by atomic mass is 19.1. The van der Waals surface area contributed by atoms with Gasteiger partial charge in [-0.05, 0) is 61.2 Å². The number of fused-ring (bicyclic) bond motifs is 1. The Kier molecular flexibility index (Phi) is 5.95. The van der Waals surface area contributed by atoms with Crippen molar-refractivity contribution < 1.29 is 13.6 Å². The number of carbonyl (C=O) groups excluding carboxylic acids is 1. The molecule has 2 aromatic carbocycles. The van der Waals surface area contributed by atoms with Crippen molar-refractivity contribution in [1.82, 2.24) is 10.2 Å². The zero-order valence-corrected chi connectivity index (χ0v) is 17.0. The van der Waals surface area contributed by atoms with Crippen molar-refractivity contribution in [2.75, 3.05) is 13.1 Å². The maximum atomic E-state index is 13.1. The van der Waals surface area contributed by atoms with Gasteiger partial charge in [0.2, 0.25) is 5.91 Å². The molecule has 0 aliphatic carbocycles. The third-order valence-electron chi connectivity index (χ3n) is 5.53. The van der Waals surface area contributed by atoms with Crippen molar-refractivity contribution in [3.63, 3.8) is 0 Å². The molecule has 0 bridgehead atoms. The number of benzene rings is 2. The van der Waals surface area contributed by atoms with Crippen molar-refractivity contribution in [1.29, 1.82) is 0 Å². The van der Waals surface area contributed by atoms with E-state index in [0.717, 1.165) is 49.0 Å². The first kappa shape index (κ1) is 20.3. The van der Waals surface area contributed by atoms with Gasteiger partial charge < -0.3 is 9.73 Å². The number of nitrogens with one attached hydrogen (secondary N) is 1. The molecule has 6 heteroatoms. The van der Waals surface area contributed by atoms with E-state index < -0.39 is 5.63 Å². The molecular weight excluding hydrogens is 383 g/mol. The largest absolute Gasteiger partial charge is 0.423 e. The van der Waals surface area contributed by atoms with Crippen LogP contribution in [0.3, 0.4) is 0 Å². The number of halogens is 1. The Labute approximate surface area is 174 Å². The van der Waals surface area contributed by atoms with Crippen LogP contribution in [0.4, 0.5) is 4.39 Å². The second-order valence-corrected chi connectivity index (χ2v) is 8.04. The Morgan fingerprint density at radius 2 is 2.00 bits per heavy atom. The molecule has 1 amide bonds. The smallest absolute Gasteiger partial charge is 0.336 e. The number of amides is 1. The molecule has 5 nitrogen and oxygen atoms in total. The van der Waals surface area contributed by atoms with Crippen LogP contribution < -0.4 is 10.9 Å². The molecule has 1 aromatic heterocycles. The quantitative estimate of drug-likeness (QED) is 0.656. The van der Waals surface area contributed by atoms with Crippen LogP contribution in [0.1, 0.15) is 29.5 Å². The number of aryl methyl sites for hydroxylation is 1. The third kappa shape index (κ3) is 4.94. The molecule has 3 aromatic rings. The summed E-state index contributed by atoms with van der Waals surface area (Å²) in [6.07, 6.45) is 2.05. The minimum atomic E-state index is -0.445. The van der Waals surface area contributed by atoms with Gasteiger partial charge in [-0.2, -0.15) is 0 Å². The number of hydrogen-bond donors (Lipinski definition) is 1. The van der Waals surface area contributed by atoms with E-state index in [-0.39, 0.29) is 24.2 Å². The first-order chi connectivity index (χ1) is 14.5. The van der Waals surface area contributed by atoms with E-state index in [9.17, 15) is 14.0 Å². The SMILES string of the molecule is Cc1ccc2c(CC(=O)NC3CCCN(Cc4ccc(F)cc4)C3)cc(=O)oc2c1. The van der Waals surface area contributed by atoms with E-state index in [1.807, 2.05) is 25.1 Å². The number of nitrogens with zero attached hydrogens (tertiary/aromatic N) is 1. The normalized spacial score (nSPS) is 17.2. The van der Waals surface area contributed by atoms with Crippen LogP contribution in [0.2, 0.25) is 0 Å². The number of likely N-dealkylation sites (tertiary alicyclic amines) is 1. The highest BCUT2D eigenvalue weighted by Crippen LogP contribution is 2.19. The summed E-state index contributed by atoms with van der Waals surface area (Å²) in [5.74, 6) is -0.337. The van der Waals surface area contributed by atoms with E-state index in [2.05, 4.69) is 10.2 Å². The van der Waals surface area contributed by atoms with Crippen molar-refractivity contribution in [2.45, 2.75) is 38.8 Å². The molecule has 1 aliphatic heterocycles. The molecule has 1 fully saturated rings. The van der Waals surface area contributed by atoms with Crippen LogP contribution in [-0.2, 0) is 17.8 Å². The van der Waals surface area contributed by atoms with Gasteiger partial charge in [0.1, 0.15) is 11.4 Å². The lowest BCUT2D eigenvalue weighted by atomic mass is 10.0. The Hall–Kier alpha value is -2.99. The molecular formula is C24H25FN2O3. The molecule has 4 rings (SSSR count). The van der Waals surface area contributed by atoms with Gasteiger partial charge in [0, 0.05) is 30.6 Å². The third-order valence-corrected chi connectivity index (χ3v) is 5.53. The van der Waals surface area contributed by atoms with Crippen LogP contribution in [0, 0.1) is 12.7 Å². The summed E-state index contributed by atoms with van der Waals surface area (Å²) >= 11 is 0. The molecule has 156 valence electrons. The lowest BCUT2D eigenvalue weighted by molar-refractivity contribution is -0.121. The van der Waals surface area contributed by atoms with Gasteiger partial charge in [0.05, 0.1) is 6.42 Å². The van der Waals surface area contributed by atoms with Gasteiger partial charge in [0.25, 0.3) is 0 Å². The van der Waals surface area contributed by atoms with Crippen LogP contribution in [0.5, 0.6) is 0 Å². The zero-order chi connectivity index (χ0) is 21.1. The average molecular weight is 408 g/mol. The van der Waals surface area contributed by atoms with Crippen LogP contribution >= 0.6 is 0 Å². The maximum absolute atomic E-state index is 13.1. The first-order valence-corrected chi connectivity index (χ1v) is 10.3. The highest BCUT2D eigenvalue weighted by Gasteiger charge is 2.22. The van der Waals surface area contributed by atoms with Crippen molar-refractivity contribution in [3.05, 3.63) is 81.5 Å². The zero-order valence-electron chi connectivity index (χ0n) is 17.0. The standard InChI is InChI=1S/C24H25FN2O3/c1-16-4-9-21-18(13-24(29)30-22(21)11-16)12-23(28)26-20-3-2-10-27(15-20)14-17-5-7-19(25)8-6-17/h4-9,11,13,20H,2-3,10,12,14-15H2,1H3,(H,26,28). The van der Waals surface area contributed by atoms with E-state index in [1.54, 1.807) is 12.1 Å².